The molecule has 0 spiro atoms. The van der Waals surface area contributed by atoms with Gasteiger partial charge in [0.2, 0.25) is 0 Å². The van der Waals surface area contributed by atoms with Gasteiger partial charge in [-0.3, -0.25) is 4.79 Å². The lowest BCUT2D eigenvalue weighted by molar-refractivity contribution is -0.144. The molecule has 0 aromatic rings. The van der Waals surface area contributed by atoms with E-state index >= 15 is 0 Å². The number of rotatable bonds is 12. The van der Waals surface area contributed by atoms with Gasteiger partial charge in [-0.05, 0) is 37.9 Å². The van der Waals surface area contributed by atoms with Gasteiger partial charge in [0, 0.05) is 0 Å². The van der Waals surface area contributed by atoms with E-state index in [0.717, 1.165) is 37.9 Å². The Bertz CT molecular complexity index is 245. The molecular weight excluding hydrogens is 275 g/mol. The minimum Gasteiger partial charge on any atom is -0.465 e. The Labute approximate surface area is 128 Å². The summed E-state index contributed by atoms with van der Waals surface area (Å²) in [5.74, 6) is 1.28. The van der Waals surface area contributed by atoms with Crippen LogP contribution in [-0.4, -0.2) is 29.8 Å². The Kier molecular flexibility index (Phi) is 12.3. The summed E-state index contributed by atoms with van der Waals surface area (Å²) >= 11 is 1.70. The summed E-state index contributed by atoms with van der Waals surface area (Å²) in [6, 6.07) is 0. The number of unbranched alkanes of at least 4 members (excludes halogenated alkanes) is 2. The first-order valence-corrected chi connectivity index (χ1v) is 8.94. The van der Waals surface area contributed by atoms with Crippen molar-refractivity contribution >= 4 is 17.7 Å². The molecule has 0 saturated carbocycles. The van der Waals surface area contributed by atoms with E-state index in [9.17, 15) is 9.18 Å². The fourth-order valence-corrected chi connectivity index (χ4v) is 3.07. The van der Waals surface area contributed by atoms with Crippen LogP contribution in [0.25, 0.3) is 0 Å². The molecule has 0 aromatic carbocycles. The molecule has 0 radical (unpaired) electrons. The molecule has 0 aliphatic heterocycles. The number of carbonyl (C=O) groups excluding carboxylic acids is 1. The van der Waals surface area contributed by atoms with Crippen molar-refractivity contribution in [2.24, 2.45) is 5.92 Å². The maximum absolute atomic E-state index is 12.6. The highest BCUT2D eigenvalue weighted by molar-refractivity contribution is 8.00. The summed E-state index contributed by atoms with van der Waals surface area (Å²) in [6.45, 7) is 8.29. The average molecular weight is 306 g/mol. The smallest absolute Gasteiger partial charge is 0.319 e. The monoisotopic (exact) mass is 306 g/mol. The van der Waals surface area contributed by atoms with E-state index in [-0.39, 0.29) is 11.2 Å². The van der Waals surface area contributed by atoms with Crippen molar-refractivity contribution in [1.29, 1.82) is 0 Å². The molecule has 2 atom stereocenters. The van der Waals surface area contributed by atoms with E-state index in [1.165, 1.54) is 0 Å². The second-order valence-electron chi connectivity index (χ2n) is 5.80. The van der Waals surface area contributed by atoms with Crippen molar-refractivity contribution in [1.82, 2.24) is 0 Å². The van der Waals surface area contributed by atoms with E-state index in [4.69, 9.17) is 4.74 Å². The molecule has 0 amide bonds. The van der Waals surface area contributed by atoms with Crippen LogP contribution in [0.4, 0.5) is 4.39 Å². The van der Waals surface area contributed by atoms with Crippen LogP contribution in [0.2, 0.25) is 0 Å². The van der Waals surface area contributed by atoms with Crippen LogP contribution >= 0.6 is 11.8 Å². The largest absolute Gasteiger partial charge is 0.465 e. The quantitative estimate of drug-likeness (QED) is 0.375. The van der Waals surface area contributed by atoms with Gasteiger partial charge < -0.3 is 4.74 Å². The van der Waals surface area contributed by atoms with E-state index < -0.39 is 6.17 Å². The highest BCUT2D eigenvalue weighted by Gasteiger charge is 2.19. The van der Waals surface area contributed by atoms with E-state index in [2.05, 4.69) is 6.92 Å². The molecule has 0 rings (SSSR count). The molecule has 0 aliphatic rings. The number of hydrogen-bond acceptors (Lipinski definition) is 3. The molecular formula is C16H31FO2S. The SMILES string of the molecule is CCCC(SCCCCCC(C)F)C(=O)OCC(C)C. The molecule has 4 heteroatoms. The number of thioether (sulfide) groups is 1. The van der Waals surface area contributed by atoms with Gasteiger partial charge in [-0.25, -0.2) is 4.39 Å². The predicted octanol–water partition coefficient (Wildman–Crippen LogP) is 5.01. The maximum atomic E-state index is 12.6. The van der Waals surface area contributed by atoms with Crippen LogP contribution in [0.15, 0.2) is 0 Å². The Balaban J connectivity index is 3.81. The van der Waals surface area contributed by atoms with Crippen LogP contribution in [0, 0.1) is 5.92 Å². The Hall–Kier alpha value is -0.250. The van der Waals surface area contributed by atoms with Gasteiger partial charge in [0.1, 0.15) is 5.25 Å². The lowest BCUT2D eigenvalue weighted by Gasteiger charge is -2.16. The molecule has 2 nitrogen and oxygen atoms in total. The third-order valence-corrected chi connectivity index (χ3v) is 4.29. The summed E-state index contributed by atoms with van der Waals surface area (Å²) in [5, 5.41) is -0.0288. The topological polar surface area (TPSA) is 26.3 Å². The van der Waals surface area contributed by atoms with Crippen molar-refractivity contribution < 1.29 is 13.9 Å². The average Bonchev–Trinajstić information content (AvgIpc) is 2.38. The lowest BCUT2D eigenvalue weighted by Crippen LogP contribution is -2.22. The number of ether oxygens (including phenoxy) is 1. The summed E-state index contributed by atoms with van der Waals surface area (Å²) < 4.78 is 17.9. The fourth-order valence-electron chi connectivity index (χ4n) is 1.80. The summed E-state index contributed by atoms with van der Waals surface area (Å²) in [5.41, 5.74) is 0. The second kappa shape index (κ2) is 12.5. The minimum atomic E-state index is -0.693. The van der Waals surface area contributed by atoms with Gasteiger partial charge in [-0.2, -0.15) is 0 Å². The number of carbonyl (C=O) groups is 1. The normalized spacial score (nSPS) is 14.3. The van der Waals surface area contributed by atoms with Gasteiger partial charge in [0.05, 0.1) is 12.8 Å². The molecule has 0 N–H and O–H groups in total. The van der Waals surface area contributed by atoms with Crippen molar-refractivity contribution in [2.75, 3.05) is 12.4 Å². The highest BCUT2D eigenvalue weighted by atomic mass is 32.2. The van der Waals surface area contributed by atoms with Gasteiger partial charge in [-0.15, -0.1) is 11.8 Å². The molecule has 0 aromatic heterocycles. The third kappa shape index (κ3) is 11.6. The van der Waals surface area contributed by atoms with Crippen LogP contribution in [0.1, 0.15) is 66.2 Å². The first-order chi connectivity index (χ1) is 9.47. The maximum Gasteiger partial charge on any atom is 0.319 e. The van der Waals surface area contributed by atoms with Gasteiger partial charge in [0.25, 0.3) is 0 Å². The molecule has 120 valence electrons. The van der Waals surface area contributed by atoms with E-state index in [0.29, 0.717) is 18.9 Å². The molecule has 0 aliphatic carbocycles. The standard InChI is InChI=1S/C16H31FO2S/c1-5-9-15(16(18)19-12-13(2)3)20-11-8-6-7-10-14(4)17/h13-15H,5-12H2,1-4H3. The Morgan fingerprint density at radius 3 is 2.40 bits per heavy atom. The zero-order valence-electron chi connectivity index (χ0n) is 13.5. The van der Waals surface area contributed by atoms with Crippen LogP contribution in [-0.2, 0) is 9.53 Å². The van der Waals surface area contributed by atoms with Crippen molar-refractivity contribution in [2.45, 2.75) is 77.6 Å². The molecule has 0 fully saturated rings. The van der Waals surface area contributed by atoms with Gasteiger partial charge in [-0.1, -0.05) is 40.0 Å². The first-order valence-electron chi connectivity index (χ1n) is 7.89. The van der Waals surface area contributed by atoms with Crippen LogP contribution in [0.5, 0.6) is 0 Å². The molecule has 2 unspecified atom stereocenters. The van der Waals surface area contributed by atoms with Gasteiger partial charge in [0.15, 0.2) is 0 Å². The van der Waals surface area contributed by atoms with Crippen LogP contribution in [0.3, 0.4) is 0 Å². The minimum absolute atomic E-state index is 0.0288. The van der Waals surface area contributed by atoms with Crippen molar-refractivity contribution in [3.05, 3.63) is 0 Å². The molecule has 0 heterocycles. The lowest BCUT2D eigenvalue weighted by atomic mass is 10.1. The van der Waals surface area contributed by atoms with E-state index in [1.807, 2.05) is 13.8 Å². The Morgan fingerprint density at radius 1 is 1.15 bits per heavy atom. The summed E-state index contributed by atoms with van der Waals surface area (Å²) in [4.78, 5) is 12.0. The van der Waals surface area contributed by atoms with Crippen LogP contribution < -0.4 is 0 Å². The predicted molar refractivity (Wildman–Crippen MR) is 86.0 cm³/mol. The zero-order chi connectivity index (χ0) is 15.4. The molecule has 0 saturated heterocycles. The summed E-state index contributed by atoms with van der Waals surface area (Å²) in [6.07, 6.45) is 4.86. The number of esters is 1. The third-order valence-electron chi connectivity index (χ3n) is 2.94. The zero-order valence-corrected chi connectivity index (χ0v) is 14.3. The highest BCUT2D eigenvalue weighted by Crippen LogP contribution is 2.20. The number of hydrogen-bond donors (Lipinski definition) is 0. The number of alkyl halides is 1. The Morgan fingerprint density at radius 2 is 1.85 bits per heavy atom. The fraction of sp³-hybridized carbons (Fsp3) is 0.938. The number of halogens is 1. The molecule has 0 bridgehead atoms. The summed E-state index contributed by atoms with van der Waals surface area (Å²) in [7, 11) is 0. The van der Waals surface area contributed by atoms with Crippen molar-refractivity contribution in [3.63, 3.8) is 0 Å². The van der Waals surface area contributed by atoms with E-state index in [1.54, 1.807) is 18.7 Å². The van der Waals surface area contributed by atoms with Crippen molar-refractivity contribution in [3.8, 4) is 0 Å². The second-order valence-corrected chi connectivity index (χ2v) is 7.11. The first kappa shape index (κ1) is 19.8. The molecule has 20 heavy (non-hydrogen) atoms. The van der Waals surface area contributed by atoms with Gasteiger partial charge >= 0.3 is 5.97 Å².